The van der Waals surface area contributed by atoms with E-state index in [1.165, 1.54) is 14.7 Å². The molecule has 5 heterocycles. The summed E-state index contributed by atoms with van der Waals surface area (Å²) in [5, 5.41) is 13.6. The van der Waals surface area contributed by atoms with E-state index in [1.807, 2.05) is 38.1 Å². The number of amides is 2. The Hall–Kier alpha value is -7.82. The standard InChI is InChI=1S/C50H57N13O4/c1-30-23-56-47(49(66)61(30)28-45(64)54-25-35-15-19-43(51)58-32(35)3)53-22-21-37-27-63(42-12-8-6-10-40(37)42)38-17-13-34(14-18-38)39-9-5-7-11-41(39)60-48-50(67)62(31(2)24-57-48)29-46(65)55-26-36-16-20-44(52)59-33(36)4/h6,8,10,12-20,23-24,27,39,41H,5,7,9,11,21-22,25-26,28-29H2,1-4H3,(H2,51,58)(H2,52,59)(H,53,56)(H,54,64)(H,55,65)(H,57,60). The summed E-state index contributed by atoms with van der Waals surface area (Å²) >= 11 is 0. The molecule has 2 atom stereocenters. The number of carbonyl (C=O) groups is 2. The van der Waals surface area contributed by atoms with Crippen LogP contribution in [-0.2, 0) is 42.2 Å². The average Bonchev–Trinajstić information content (AvgIpc) is 3.69. The maximum atomic E-state index is 13.8. The minimum atomic E-state index is -0.370. The number of hydrogen-bond acceptors (Lipinski definition) is 12. The Labute approximate surface area is 388 Å². The molecule has 8 N–H and O–H groups in total. The second kappa shape index (κ2) is 20.1. The molecule has 1 aliphatic carbocycles. The minimum Gasteiger partial charge on any atom is -0.384 e. The van der Waals surface area contributed by atoms with Gasteiger partial charge in [-0.15, -0.1) is 0 Å². The molecule has 0 bridgehead atoms. The zero-order valence-corrected chi connectivity index (χ0v) is 38.3. The fourth-order valence-corrected chi connectivity index (χ4v) is 8.87. The summed E-state index contributed by atoms with van der Waals surface area (Å²) in [6, 6.07) is 23.9. The molecule has 346 valence electrons. The molecule has 17 nitrogen and oxygen atoms in total. The van der Waals surface area contributed by atoms with Crippen LogP contribution in [0.15, 0.2) is 101 Å². The first-order valence-corrected chi connectivity index (χ1v) is 22.6. The molecule has 17 heteroatoms. The first-order chi connectivity index (χ1) is 32.3. The van der Waals surface area contributed by atoms with Crippen LogP contribution in [0.5, 0.6) is 0 Å². The number of para-hydroxylation sites is 1. The first-order valence-electron chi connectivity index (χ1n) is 22.6. The van der Waals surface area contributed by atoms with E-state index >= 15 is 0 Å². The number of fused-ring (bicyclic) bond motifs is 1. The quantitative estimate of drug-likeness (QED) is 0.0720. The van der Waals surface area contributed by atoms with Gasteiger partial charge < -0.3 is 37.3 Å². The Kier molecular flexibility index (Phi) is 13.7. The molecule has 2 aromatic carbocycles. The zero-order chi connectivity index (χ0) is 47.2. The van der Waals surface area contributed by atoms with Crippen molar-refractivity contribution in [2.75, 3.05) is 28.6 Å². The molecular formula is C50H57N13O4. The van der Waals surface area contributed by atoms with Gasteiger partial charge in [0.05, 0.1) is 5.52 Å². The minimum absolute atomic E-state index is 0.0241. The molecule has 7 aromatic rings. The number of nitrogens with one attached hydrogen (secondary N) is 4. The SMILES string of the molecule is Cc1nc(N)ccc1CNC(=O)Cn1c(C)cnc(NCCc2cn(-c3ccc(C4CCCCC4Nc4ncc(C)n(CC(=O)NCc5ccc(N)nc5C)c4=O)cc3)c3ccccc23)c1=O. The van der Waals surface area contributed by atoms with E-state index in [0.717, 1.165) is 70.4 Å². The van der Waals surface area contributed by atoms with Crippen LogP contribution in [0.3, 0.4) is 0 Å². The van der Waals surface area contributed by atoms with Crippen molar-refractivity contribution in [3.63, 3.8) is 0 Å². The van der Waals surface area contributed by atoms with Gasteiger partial charge in [-0.25, -0.2) is 19.9 Å². The number of pyridine rings is 2. The van der Waals surface area contributed by atoms with E-state index in [1.54, 1.807) is 38.4 Å². The average molecular weight is 904 g/mol. The molecule has 0 spiro atoms. The number of carbonyl (C=O) groups excluding carboxylic acids is 2. The van der Waals surface area contributed by atoms with Crippen molar-refractivity contribution in [3.8, 4) is 5.69 Å². The van der Waals surface area contributed by atoms with Crippen molar-refractivity contribution in [1.29, 1.82) is 0 Å². The third-order valence-electron chi connectivity index (χ3n) is 12.7. The Balaban J connectivity index is 0.915. The van der Waals surface area contributed by atoms with Gasteiger partial charge in [0.2, 0.25) is 11.8 Å². The summed E-state index contributed by atoms with van der Waals surface area (Å²) in [6.07, 6.45) is 9.91. The van der Waals surface area contributed by atoms with Crippen molar-refractivity contribution in [2.45, 2.75) is 97.9 Å². The van der Waals surface area contributed by atoms with Gasteiger partial charge in [0.1, 0.15) is 24.7 Å². The molecule has 0 aliphatic heterocycles. The predicted molar refractivity (Wildman–Crippen MR) is 261 cm³/mol. The van der Waals surface area contributed by atoms with Gasteiger partial charge in [-0.3, -0.25) is 28.3 Å². The Morgan fingerprint density at radius 1 is 0.687 bits per heavy atom. The maximum Gasteiger partial charge on any atom is 0.293 e. The van der Waals surface area contributed by atoms with Crippen LogP contribution in [0.4, 0.5) is 23.3 Å². The Morgan fingerprint density at radius 2 is 1.25 bits per heavy atom. The lowest BCUT2D eigenvalue weighted by Gasteiger charge is -2.33. The lowest BCUT2D eigenvalue weighted by atomic mass is 9.80. The van der Waals surface area contributed by atoms with Crippen molar-refractivity contribution < 1.29 is 9.59 Å². The van der Waals surface area contributed by atoms with E-state index in [2.05, 4.69) is 88.4 Å². The lowest BCUT2D eigenvalue weighted by molar-refractivity contribution is -0.122. The van der Waals surface area contributed by atoms with Gasteiger partial charge in [0, 0.05) is 84.0 Å². The molecule has 5 aromatic heterocycles. The lowest BCUT2D eigenvalue weighted by Crippen LogP contribution is -2.37. The van der Waals surface area contributed by atoms with E-state index in [9.17, 15) is 19.2 Å². The second-order valence-electron chi connectivity index (χ2n) is 17.2. The number of nitrogen functional groups attached to an aromatic ring is 2. The molecule has 2 amide bonds. The van der Waals surface area contributed by atoms with Crippen molar-refractivity contribution in [3.05, 3.63) is 157 Å². The highest BCUT2D eigenvalue weighted by molar-refractivity contribution is 5.85. The molecule has 0 saturated heterocycles. The Morgan fingerprint density at radius 3 is 1.87 bits per heavy atom. The molecule has 0 radical (unpaired) electrons. The number of hydrogen-bond donors (Lipinski definition) is 6. The number of anilines is 4. The van der Waals surface area contributed by atoms with Crippen LogP contribution < -0.4 is 43.9 Å². The highest BCUT2D eigenvalue weighted by atomic mass is 16.2. The van der Waals surface area contributed by atoms with Gasteiger partial charge >= 0.3 is 0 Å². The number of aromatic nitrogens is 7. The fourth-order valence-electron chi connectivity index (χ4n) is 8.87. The zero-order valence-electron chi connectivity index (χ0n) is 38.3. The van der Waals surface area contributed by atoms with Gasteiger partial charge in [-0.2, -0.15) is 0 Å². The molecule has 1 fully saturated rings. The summed E-state index contributed by atoms with van der Waals surface area (Å²) in [7, 11) is 0. The Bertz CT molecular complexity index is 3070. The van der Waals surface area contributed by atoms with Gasteiger partial charge in [-0.1, -0.05) is 55.3 Å². The van der Waals surface area contributed by atoms with E-state index in [0.29, 0.717) is 36.0 Å². The third kappa shape index (κ3) is 10.5. The van der Waals surface area contributed by atoms with Gasteiger partial charge in [0.15, 0.2) is 11.6 Å². The van der Waals surface area contributed by atoms with Crippen molar-refractivity contribution in [2.24, 2.45) is 0 Å². The third-order valence-corrected chi connectivity index (χ3v) is 12.7. The van der Waals surface area contributed by atoms with E-state index < -0.39 is 0 Å². The molecule has 8 rings (SSSR count). The topological polar surface area (TPSA) is 235 Å². The number of benzene rings is 2. The first kappa shape index (κ1) is 45.7. The summed E-state index contributed by atoms with van der Waals surface area (Å²) in [4.78, 5) is 70.7. The van der Waals surface area contributed by atoms with Crippen molar-refractivity contribution in [1.82, 2.24) is 44.3 Å². The summed E-state index contributed by atoms with van der Waals surface area (Å²) in [5.74, 6) is 0.793. The molecule has 2 unspecified atom stereocenters. The highest BCUT2D eigenvalue weighted by Gasteiger charge is 2.28. The second-order valence-corrected chi connectivity index (χ2v) is 17.2. The number of nitrogens with zero attached hydrogens (tertiary/aromatic N) is 7. The number of rotatable bonds is 16. The van der Waals surface area contributed by atoms with Gasteiger partial charge in [-0.05, 0) is 99.5 Å². The summed E-state index contributed by atoms with van der Waals surface area (Å²) < 4.78 is 5.06. The van der Waals surface area contributed by atoms with Crippen LogP contribution in [0.2, 0.25) is 0 Å². The van der Waals surface area contributed by atoms with Crippen LogP contribution in [0.1, 0.15) is 76.6 Å². The van der Waals surface area contributed by atoms with Crippen LogP contribution in [0.25, 0.3) is 16.6 Å². The fraction of sp³-hybridized carbons (Fsp3) is 0.320. The summed E-state index contributed by atoms with van der Waals surface area (Å²) in [6.45, 7) is 7.91. The van der Waals surface area contributed by atoms with E-state index in [4.69, 9.17) is 11.5 Å². The molecule has 67 heavy (non-hydrogen) atoms. The van der Waals surface area contributed by atoms with Crippen LogP contribution in [-0.4, -0.2) is 58.0 Å². The molecular weight excluding hydrogens is 847 g/mol. The largest absolute Gasteiger partial charge is 0.384 e. The smallest absolute Gasteiger partial charge is 0.293 e. The van der Waals surface area contributed by atoms with E-state index in [-0.39, 0.29) is 72.7 Å². The summed E-state index contributed by atoms with van der Waals surface area (Å²) in [5.41, 5.74) is 19.5. The molecule has 1 aliphatic rings. The van der Waals surface area contributed by atoms with Crippen molar-refractivity contribution >= 4 is 46.0 Å². The number of aryl methyl sites for hydroxylation is 4. The van der Waals surface area contributed by atoms with Crippen LogP contribution in [0, 0.1) is 27.7 Å². The number of nitrogens with two attached hydrogens (primary N) is 2. The predicted octanol–water partition coefficient (Wildman–Crippen LogP) is 5.36. The van der Waals surface area contributed by atoms with Gasteiger partial charge in [0.25, 0.3) is 11.1 Å². The highest BCUT2D eigenvalue weighted by Crippen LogP contribution is 2.35. The maximum absolute atomic E-state index is 13.8. The monoisotopic (exact) mass is 903 g/mol. The molecule has 1 saturated carbocycles. The van der Waals surface area contributed by atoms with Crippen LogP contribution >= 0.6 is 0 Å². The normalized spacial score (nSPS) is 14.7.